The van der Waals surface area contributed by atoms with E-state index in [1.165, 1.54) is 0 Å². The molecule has 1 unspecified atom stereocenters. The number of nitrogens with zero attached hydrogens (tertiary/aromatic N) is 4. The third kappa shape index (κ3) is 3.90. The Hall–Kier alpha value is -2.77. The van der Waals surface area contributed by atoms with Gasteiger partial charge in [-0.2, -0.15) is 5.10 Å². The highest BCUT2D eigenvalue weighted by molar-refractivity contribution is 6.68. The molecule has 0 spiro atoms. The molecule has 0 saturated heterocycles. The van der Waals surface area contributed by atoms with Gasteiger partial charge in [0, 0.05) is 24.0 Å². The molecule has 4 rings (SSSR count). The van der Waals surface area contributed by atoms with Crippen molar-refractivity contribution in [2.24, 2.45) is 4.99 Å². The molecule has 7 nitrogen and oxygen atoms in total. The zero-order valence-electron chi connectivity index (χ0n) is 15.0. The minimum atomic E-state index is -0.00331. The summed E-state index contributed by atoms with van der Waals surface area (Å²) < 4.78 is 13.0. The number of H-pyrrole nitrogens is 1. The van der Waals surface area contributed by atoms with Gasteiger partial charge in [-0.3, -0.25) is 4.99 Å². The summed E-state index contributed by atoms with van der Waals surface area (Å²) >= 11 is 12.3. The molecule has 1 N–H and O–H groups in total. The van der Waals surface area contributed by atoms with Crippen LogP contribution >= 0.6 is 23.2 Å². The zero-order valence-corrected chi connectivity index (χ0v) is 16.5. The van der Waals surface area contributed by atoms with Crippen molar-refractivity contribution in [1.29, 1.82) is 0 Å². The Morgan fingerprint density at radius 3 is 2.93 bits per heavy atom. The van der Waals surface area contributed by atoms with E-state index in [0.717, 1.165) is 11.4 Å². The van der Waals surface area contributed by atoms with Gasteiger partial charge in [-0.25, -0.2) is 9.67 Å². The summed E-state index contributed by atoms with van der Waals surface area (Å²) in [6.45, 7) is 0.829. The number of aliphatic imine (C=N–C) groups is 1. The zero-order chi connectivity index (χ0) is 19.5. The SMILES string of the molecule is COc1cc(OCn2cccn2)ccc1-c1nc(C2C=CC(Cl)=NC2)[nH]c1Cl. The predicted molar refractivity (Wildman–Crippen MR) is 108 cm³/mol. The molecule has 3 aromatic rings. The van der Waals surface area contributed by atoms with Crippen LogP contribution in [0.25, 0.3) is 11.3 Å². The summed E-state index contributed by atoms with van der Waals surface area (Å²) in [6.07, 6.45) is 7.24. The number of hydrogen-bond acceptors (Lipinski definition) is 5. The van der Waals surface area contributed by atoms with Crippen LogP contribution in [0.15, 0.2) is 53.8 Å². The molecule has 0 amide bonds. The standard InChI is InChI=1S/C19H17Cl2N5O2/c1-27-15-9-13(28-11-26-8-2-7-23-26)4-5-14(15)17-18(21)25-19(24-17)12-3-6-16(20)22-10-12/h2-9,12H,10-11H2,1H3,(H,24,25). The third-order valence-corrected chi connectivity index (χ3v) is 4.80. The number of hydrogen-bond donors (Lipinski definition) is 1. The summed E-state index contributed by atoms with van der Waals surface area (Å²) in [5.74, 6) is 1.99. The molecule has 3 heterocycles. The molecule has 0 bridgehead atoms. The molecule has 0 aliphatic carbocycles. The van der Waals surface area contributed by atoms with Crippen LogP contribution in [-0.2, 0) is 6.73 Å². The molecule has 0 radical (unpaired) electrons. The van der Waals surface area contributed by atoms with Gasteiger partial charge in [-0.15, -0.1) is 0 Å². The van der Waals surface area contributed by atoms with E-state index in [0.29, 0.717) is 40.8 Å². The Balaban J connectivity index is 1.57. The highest BCUT2D eigenvalue weighted by Gasteiger charge is 2.20. The van der Waals surface area contributed by atoms with E-state index in [9.17, 15) is 0 Å². The lowest BCUT2D eigenvalue weighted by molar-refractivity contribution is 0.220. The van der Waals surface area contributed by atoms with Crippen LogP contribution in [0.5, 0.6) is 11.5 Å². The molecule has 1 aliphatic rings. The van der Waals surface area contributed by atoms with E-state index in [1.54, 1.807) is 30.1 Å². The minimum absolute atomic E-state index is 0.00331. The number of dihydropyridines is 1. The number of aromatic nitrogens is 4. The van der Waals surface area contributed by atoms with Crippen LogP contribution in [0.1, 0.15) is 11.7 Å². The lowest BCUT2D eigenvalue weighted by Crippen LogP contribution is -2.07. The summed E-state index contributed by atoms with van der Waals surface area (Å²) in [6, 6.07) is 7.35. The van der Waals surface area contributed by atoms with E-state index < -0.39 is 0 Å². The van der Waals surface area contributed by atoms with Gasteiger partial charge in [0.15, 0.2) is 6.73 Å². The van der Waals surface area contributed by atoms with Crippen molar-refractivity contribution in [3.8, 4) is 22.8 Å². The quantitative estimate of drug-likeness (QED) is 0.649. The van der Waals surface area contributed by atoms with Crippen LogP contribution in [-0.4, -0.2) is 38.6 Å². The van der Waals surface area contributed by atoms with Gasteiger partial charge in [0.25, 0.3) is 0 Å². The lowest BCUT2D eigenvalue weighted by atomic mass is 10.1. The second kappa shape index (κ2) is 8.08. The number of aromatic amines is 1. The van der Waals surface area contributed by atoms with Crippen molar-refractivity contribution in [1.82, 2.24) is 19.7 Å². The second-order valence-electron chi connectivity index (χ2n) is 6.09. The van der Waals surface area contributed by atoms with Gasteiger partial charge in [-0.05, 0) is 24.3 Å². The van der Waals surface area contributed by atoms with Gasteiger partial charge >= 0.3 is 0 Å². The van der Waals surface area contributed by atoms with E-state index >= 15 is 0 Å². The Morgan fingerprint density at radius 2 is 2.21 bits per heavy atom. The van der Waals surface area contributed by atoms with Crippen LogP contribution < -0.4 is 9.47 Å². The first kappa shape index (κ1) is 18.6. The van der Waals surface area contributed by atoms with Crippen molar-refractivity contribution < 1.29 is 9.47 Å². The molecule has 144 valence electrons. The van der Waals surface area contributed by atoms with Crippen molar-refractivity contribution >= 4 is 28.4 Å². The molecular weight excluding hydrogens is 401 g/mol. The number of imidazole rings is 1. The average molecular weight is 418 g/mol. The maximum atomic E-state index is 6.42. The highest BCUT2D eigenvalue weighted by Crippen LogP contribution is 2.37. The predicted octanol–water partition coefficient (Wildman–Crippen LogP) is 4.26. The number of rotatable bonds is 6. The molecular formula is C19H17Cl2N5O2. The number of methoxy groups -OCH3 is 1. The number of ether oxygens (including phenoxy) is 2. The van der Waals surface area contributed by atoms with Gasteiger partial charge in [0.05, 0.1) is 19.6 Å². The van der Waals surface area contributed by atoms with Crippen LogP contribution in [0, 0.1) is 0 Å². The fourth-order valence-electron chi connectivity index (χ4n) is 2.87. The molecule has 9 heteroatoms. The number of halogens is 2. The second-order valence-corrected chi connectivity index (χ2v) is 6.86. The summed E-state index contributed by atoms with van der Waals surface area (Å²) in [5, 5.41) is 5.03. The van der Waals surface area contributed by atoms with E-state index in [4.69, 9.17) is 32.7 Å². The first-order valence-electron chi connectivity index (χ1n) is 8.56. The number of nitrogens with one attached hydrogen (secondary N) is 1. The summed E-state index contributed by atoms with van der Waals surface area (Å²) in [7, 11) is 1.60. The number of allylic oxidation sites excluding steroid dienone is 1. The molecule has 0 fully saturated rings. The average Bonchev–Trinajstić information content (AvgIpc) is 3.36. The van der Waals surface area contributed by atoms with Gasteiger partial charge in [0.1, 0.15) is 33.3 Å². The maximum absolute atomic E-state index is 6.42. The Kier molecular flexibility index (Phi) is 5.36. The largest absolute Gasteiger partial charge is 0.496 e. The van der Waals surface area contributed by atoms with Crippen molar-refractivity contribution in [3.05, 3.63) is 59.8 Å². The molecule has 0 saturated carbocycles. The first-order valence-corrected chi connectivity index (χ1v) is 9.32. The van der Waals surface area contributed by atoms with Crippen LogP contribution in [0.3, 0.4) is 0 Å². The van der Waals surface area contributed by atoms with Crippen molar-refractivity contribution in [3.63, 3.8) is 0 Å². The highest BCUT2D eigenvalue weighted by atomic mass is 35.5. The van der Waals surface area contributed by atoms with Crippen molar-refractivity contribution in [2.75, 3.05) is 13.7 Å². The van der Waals surface area contributed by atoms with Crippen LogP contribution in [0.4, 0.5) is 0 Å². The summed E-state index contributed by atoms with van der Waals surface area (Å²) in [5.41, 5.74) is 1.38. The van der Waals surface area contributed by atoms with Gasteiger partial charge in [0.2, 0.25) is 0 Å². The lowest BCUT2D eigenvalue weighted by Gasteiger charge is -2.11. The van der Waals surface area contributed by atoms with E-state index in [1.807, 2.05) is 30.5 Å². The fourth-order valence-corrected chi connectivity index (χ4v) is 3.25. The van der Waals surface area contributed by atoms with Crippen LogP contribution in [0.2, 0.25) is 5.15 Å². The topological polar surface area (TPSA) is 77.3 Å². The fraction of sp³-hybridized carbons (Fsp3) is 0.211. The normalized spacial score (nSPS) is 16.1. The Morgan fingerprint density at radius 1 is 1.32 bits per heavy atom. The molecule has 1 aliphatic heterocycles. The van der Waals surface area contributed by atoms with E-state index in [2.05, 4.69) is 20.1 Å². The van der Waals surface area contributed by atoms with Gasteiger partial charge < -0.3 is 14.5 Å². The molecule has 1 aromatic carbocycles. The Bertz CT molecular complexity index is 1030. The minimum Gasteiger partial charge on any atom is -0.496 e. The Labute approximate surface area is 171 Å². The maximum Gasteiger partial charge on any atom is 0.180 e. The third-order valence-electron chi connectivity index (χ3n) is 4.29. The number of benzene rings is 1. The van der Waals surface area contributed by atoms with Crippen molar-refractivity contribution in [2.45, 2.75) is 12.6 Å². The monoisotopic (exact) mass is 417 g/mol. The first-order chi connectivity index (χ1) is 13.6. The smallest absolute Gasteiger partial charge is 0.180 e. The van der Waals surface area contributed by atoms with E-state index in [-0.39, 0.29) is 5.92 Å². The van der Waals surface area contributed by atoms with Gasteiger partial charge in [-0.1, -0.05) is 29.3 Å². The summed E-state index contributed by atoms with van der Waals surface area (Å²) in [4.78, 5) is 12.0. The molecule has 28 heavy (non-hydrogen) atoms. The molecule has 1 atom stereocenters. The molecule has 2 aromatic heterocycles.